The van der Waals surface area contributed by atoms with Crippen molar-refractivity contribution >= 4 is 28.0 Å². The summed E-state index contributed by atoms with van der Waals surface area (Å²) in [7, 11) is 8.99. The number of H-pyrrole nitrogens is 1. The molecule has 0 amide bonds. The minimum atomic E-state index is -0.893. The molecule has 1 aliphatic carbocycles. The molecule has 0 saturated heterocycles. The molecule has 0 radical (unpaired) electrons. The second kappa shape index (κ2) is 9.27. The standard InChI is InChI=1S/C33H44N4O2/c1-22-20-24(37(7,8)29-15-18-34-31-26(29)14-17-33(31,4)39)12-13-28(22)36(5,6)19-16-23-21-35-30-25(23)10-9-11-27(30)32(2,3)38/h9-13,15,18,20-21,35,38-39H,14,16-17,19H2,1-8H3/q+2. The lowest BCUT2D eigenvalue weighted by molar-refractivity contribution is 0.0553. The van der Waals surface area contributed by atoms with Gasteiger partial charge < -0.3 is 15.2 Å². The summed E-state index contributed by atoms with van der Waals surface area (Å²) in [5.74, 6) is 0. The lowest BCUT2D eigenvalue weighted by Gasteiger charge is -2.34. The summed E-state index contributed by atoms with van der Waals surface area (Å²) >= 11 is 0. The first kappa shape index (κ1) is 27.5. The Bertz CT molecular complexity index is 1540. The monoisotopic (exact) mass is 528 g/mol. The van der Waals surface area contributed by atoms with Crippen molar-refractivity contribution in [3.05, 3.63) is 82.8 Å². The average Bonchev–Trinajstić information content (AvgIpc) is 3.42. The van der Waals surface area contributed by atoms with E-state index in [9.17, 15) is 10.2 Å². The van der Waals surface area contributed by atoms with Gasteiger partial charge in [0.15, 0.2) is 0 Å². The van der Waals surface area contributed by atoms with E-state index in [1.54, 1.807) is 0 Å². The van der Waals surface area contributed by atoms with E-state index in [2.05, 4.69) is 81.6 Å². The minimum absolute atomic E-state index is 0.606. The Morgan fingerprint density at radius 3 is 2.49 bits per heavy atom. The molecule has 1 unspecified atom stereocenters. The molecule has 6 nitrogen and oxygen atoms in total. The first-order valence-corrected chi connectivity index (χ1v) is 13.9. The number of likely N-dealkylation sites (N-methyl/N-ethyl adjacent to an activating group) is 1. The first-order valence-electron chi connectivity index (χ1n) is 13.9. The van der Waals surface area contributed by atoms with Crippen LogP contribution in [0.1, 0.15) is 55.1 Å². The van der Waals surface area contributed by atoms with E-state index in [4.69, 9.17) is 0 Å². The zero-order chi connectivity index (χ0) is 28.4. The summed E-state index contributed by atoms with van der Waals surface area (Å²) in [5.41, 5.74) is 8.46. The topological polar surface area (TPSA) is 69.1 Å². The highest BCUT2D eigenvalue weighted by molar-refractivity contribution is 5.86. The Morgan fingerprint density at radius 2 is 1.79 bits per heavy atom. The molecule has 206 valence electrons. The molecule has 1 atom stereocenters. The van der Waals surface area contributed by atoms with Crippen LogP contribution in [0.15, 0.2) is 54.9 Å². The van der Waals surface area contributed by atoms with Gasteiger partial charge in [0.1, 0.15) is 22.7 Å². The van der Waals surface area contributed by atoms with E-state index in [-0.39, 0.29) is 0 Å². The summed E-state index contributed by atoms with van der Waals surface area (Å²) in [6, 6.07) is 15.1. The number of aromatic nitrogens is 2. The number of fused-ring (bicyclic) bond motifs is 2. The molecule has 0 saturated carbocycles. The molecule has 0 bridgehead atoms. The Morgan fingerprint density at radius 1 is 1.05 bits per heavy atom. The molecule has 0 fully saturated rings. The van der Waals surface area contributed by atoms with Gasteiger partial charge in [-0.15, -0.1) is 0 Å². The fourth-order valence-electron chi connectivity index (χ4n) is 6.46. The van der Waals surface area contributed by atoms with Crippen LogP contribution in [-0.2, 0) is 24.0 Å². The van der Waals surface area contributed by atoms with E-state index in [1.165, 1.54) is 39.1 Å². The number of hydrogen-bond acceptors (Lipinski definition) is 3. The van der Waals surface area contributed by atoms with Crippen molar-refractivity contribution in [2.75, 3.05) is 34.7 Å². The number of aliphatic hydroxyl groups is 2. The first-order chi connectivity index (χ1) is 18.1. The van der Waals surface area contributed by atoms with Gasteiger partial charge >= 0.3 is 0 Å². The Labute approximate surface area is 232 Å². The highest BCUT2D eigenvalue weighted by Gasteiger charge is 2.39. The quantitative estimate of drug-likeness (QED) is 0.259. The molecule has 5 rings (SSSR count). The van der Waals surface area contributed by atoms with Crippen molar-refractivity contribution in [1.82, 2.24) is 18.9 Å². The zero-order valence-electron chi connectivity index (χ0n) is 24.8. The van der Waals surface area contributed by atoms with Crippen LogP contribution in [0.2, 0.25) is 0 Å². The molecule has 2 heterocycles. The van der Waals surface area contributed by atoms with Gasteiger partial charge in [-0.25, -0.2) is 0 Å². The van der Waals surface area contributed by atoms with Crippen LogP contribution >= 0.6 is 0 Å². The van der Waals surface area contributed by atoms with Crippen LogP contribution in [-0.4, -0.2) is 54.9 Å². The van der Waals surface area contributed by atoms with Crippen LogP contribution in [0.5, 0.6) is 0 Å². The number of hydrogen-bond donors (Lipinski definition) is 3. The molecule has 6 heteroatoms. The number of para-hydroxylation sites is 1. The Balaban J connectivity index is 1.40. The summed E-state index contributed by atoms with van der Waals surface area (Å²) in [6.45, 7) is 8.70. The van der Waals surface area contributed by atoms with E-state index >= 15 is 0 Å². The number of quaternary nitrogens is 2. The Kier molecular flexibility index (Phi) is 6.55. The van der Waals surface area contributed by atoms with Gasteiger partial charge in [0.25, 0.3) is 0 Å². The lowest BCUT2D eigenvalue weighted by atomic mass is 9.95. The van der Waals surface area contributed by atoms with Gasteiger partial charge in [0.05, 0.1) is 51.5 Å². The molecule has 2 aromatic carbocycles. The predicted molar refractivity (Wildman–Crippen MR) is 162 cm³/mol. The van der Waals surface area contributed by atoms with Gasteiger partial charge in [-0.05, 0) is 46.1 Å². The highest BCUT2D eigenvalue weighted by Crippen LogP contribution is 2.44. The van der Waals surface area contributed by atoms with Crippen molar-refractivity contribution in [2.24, 2.45) is 0 Å². The van der Waals surface area contributed by atoms with Crippen LogP contribution < -0.4 is 8.97 Å². The smallest absolute Gasteiger partial charge is 0.144 e. The van der Waals surface area contributed by atoms with Gasteiger partial charge in [-0.1, -0.05) is 18.2 Å². The van der Waals surface area contributed by atoms with E-state index < -0.39 is 11.2 Å². The number of aryl methyl sites for hydroxylation is 1. The van der Waals surface area contributed by atoms with E-state index in [1.807, 2.05) is 39.1 Å². The number of rotatable bonds is 7. The minimum Gasteiger partial charge on any atom is -0.386 e. The number of benzene rings is 2. The van der Waals surface area contributed by atoms with Crippen molar-refractivity contribution in [2.45, 2.75) is 58.2 Å². The van der Waals surface area contributed by atoms with E-state index in [0.717, 1.165) is 40.6 Å². The second-order valence-electron chi connectivity index (χ2n) is 13.1. The fourth-order valence-corrected chi connectivity index (χ4v) is 6.46. The van der Waals surface area contributed by atoms with Crippen LogP contribution in [0.25, 0.3) is 10.9 Å². The molecule has 3 N–H and O–H groups in total. The molecule has 0 aliphatic heterocycles. The number of nitrogens with one attached hydrogen (secondary N) is 1. The van der Waals surface area contributed by atoms with Crippen molar-refractivity contribution in [1.29, 1.82) is 0 Å². The van der Waals surface area contributed by atoms with Crippen LogP contribution in [0, 0.1) is 6.92 Å². The lowest BCUT2D eigenvalue weighted by Crippen LogP contribution is -2.43. The van der Waals surface area contributed by atoms with Gasteiger partial charge in [-0.3, -0.25) is 14.0 Å². The maximum absolute atomic E-state index is 10.8. The largest absolute Gasteiger partial charge is 0.386 e. The van der Waals surface area contributed by atoms with Crippen molar-refractivity contribution in [3.63, 3.8) is 0 Å². The third-order valence-corrected chi connectivity index (χ3v) is 8.88. The third-order valence-electron chi connectivity index (χ3n) is 8.88. The summed E-state index contributed by atoms with van der Waals surface area (Å²) in [6.07, 6.45) is 6.42. The normalized spacial score (nSPS) is 18.1. The average molecular weight is 529 g/mol. The van der Waals surface area contributed by atoms with Crippen molar-refractivity contribution < 1.29 is 10.2 Å². The van der Waals surface area contributed by atoms with Crippen LogP contribution in [0.3, 0.4) is 0 Å². The molecule has 2 aromatic heterocycles. The van der Waals surface area contributed by atoms with Gasteiger partial charge in [-0.2, -0.15) is 0 Å². The zero-order valence-corrected chi connectivity index (χ0v) is 24.8. The van der Waals surface area contributed by atoms with Gasteiger partial charge in [0, 0.05) is 65.2 Å². The maximum Gasteiger partial charge on any atom is 0.144 e. The second-order valence-corrected chi connectivity index (χ2v) is 13.1. The van der Waals surface area contributed by atoms with Crippen LogP contribution in [0.4, 0.5) is 17.1 Å². The van der Waals surface area contributed by atoms with E-state index in [0.29, 0.717) is 10.9 Å². The van der Waals surface area contributed by atoms with Gasteiger partial charge in [0.2, 0.25) is 0 Å². The SMILES string of the molecule is Cc1cc([N+](C)(C)c2ccnc3c2CCC3(C)O)ccc1[N+](C)(C)CCc1c[nH]c2c(C(C)(C)O)cccc12. The maximum atomic E-state index is 10.8. The summed E-state index contributed by atoms with van der Waals surface area (Å²) in [5, 5.41) is 22.6. The molecule has 1 aliphatic rings. The summed E-state index contributed by atoms with van der Waals surface area (Å²) in [4.78, 5) is 7.97. The molecule has 0 spiro atoms. The van der Waals surface area contributed by atoms with Crippen molar-refractivity contribution in [3.8, 4) is 0 Å². The highest BCUT2D eigenvalue weighted by atomic mass is 16.3. The molecule has 4 aromatic rings. The number of aromatic amines is 1. The molecule has 39 heavy (non-hydrogen) atoms. The fraction of sp³-hybridized carbons (Fsp3) is 0.424. The molecular formula is C33H44N4O2+2. The predicted octanol–water partition coefficient (Wildman–Crippen LogP) is 5.96. The third kappa shape index (κ3) is 4.80. The molecular weight excluding hydrogens is 484 g/mol. The summed E-state index contributed by atoms with van der Waals surface area (Å²) < 4.78 is 1.37. The number of pyridine rings is 1. The number of nitrogens with zero attached hydrogens (tertiary/aromatic N) is 3. The Hall–Kier alpha value is -3.03.